The van der Waals surface area contributed by atoms with Crippen LogP contribution in [0.25, 0.3) is 0 Å². The van der Waals surface area contributed by atoms with Crippen LogP contribution in [-0.4, -0.2) is 10.1 Å². The van der Waals surface area contributed by atoms with Crippen molar-refractivity contribution >= 4 is 22.6 Å². The Hall–Kier alpha value is -0.520. The summed E-state index contributed by atoms with van der Waals surface area (Å²) >= 11 is 1.95. The average molecular weight is 237 g/mol. The molecular weight excluding hydrogens is 233 g/mol. The van der Waals surface area contributed by atoms with Gasteiger partial charge in [0.15, 0.2) is 5.88 Å². The van der Waals surface area contributed by atoms with Crippen molar-refractivity contribution in [2.75, 3.05) is 0 Å². The van der Waals surface area contributed by atoms with E-state index in [1.807, 2.05) is 22.6 Å². The fourth-order valence-corrected chi connectivity index (χ4v) is 1.07. The van der Waals surface area contributed by atoms with Crippen molar-refractivity contribution in [2.24, 2.45) is 0 Å². The Labute approximate surface area is 64.9 Å². The largest absolute Gasteiger partial charge is 0.494 e. The smallest absolute Gasteiger partial charge is 0.251 e. The highest BCUT2D eigenvalue weighted by molar-refractivity contribution is 14.1. The van der Waals surface area contributed by atoms with Gasteiger partial charge in [-0.15, -0.1) is 0 Å². The van der Waals surface area contributed by atoms with E-state index in [0.717, 1.165) is 3.57 Å². The molecule has 0 fully saturated rings. The molecule has 0 aromatic carbocycles. The van der Waals surface area contributed by atoms with E-state index < -0.39 is 0 Å². The highest BCUT2D eigenvalue weighted by Gasteiger charge is 1.90. The summed E-state index contributed by atoms with van der Waals surface area (Å²) in [6, 6.07) is 2.88. The molecule has 48 valence electrons. The minimum Gasteiger partial charge on any atom is -0.494 e. The lowest BCUT2D eigenvalue weighted by Crippen LogP contribution is -2.02. The predicted octanol–water partition coefficient (Wildman–Crippen LogP) is 0.685. The first-order valence-corrected chi connectivity index (χ1v) is 3.35. The van der Waals surface area contributed by atoms with Crippen molar-refractivity contribution in [3.63, 3.8) is 0 Å². The molecule has 0 unspecified atom stereocenters. The second kappa shape index (κ2) is 2.38. The minimum atomic E-state index is -0.278. The maximum absolute atomic E-state index is 10.5. The van der Waals surface area contributed by atoms with Crippen LogP contribution in [-0.2, 0) is 0 Å². The van der Waals surface area contributed by atoms with Crippen LogP contribution in [0.15, 0.2) is 16.9 Å². The standard InChI is InChI=1S/C5H4INO2/c6-3-1-4(8)7-5(9)2-3/h1-2H,(H2,7,8,9). The van der Waals surface area contributed by atoms with Gasteiger partial charge in [-0.05, 0) is 22.6 Å². The molecule has 0 aliphatic rings. The summed E-state index contributed by atoms with van der Waals surface area (Å²) in [5, 5.41) is 8.73. The third-order valence-corrected chi connectivity index (χ3v) is 1.42. The molecule has 0 atom stereocenters. The SMILES string of the molecule is O=c1cc(I)cc(O)[nH]1. The van der Waals surface area contributed by atoms with Gasteiger partial charge in [0.1, 0.15) is 0 Å². The first kappa shape index (κ1) is 6.60. The van der Waals surface area contributed by atoms with Gasteiger partial charge in [0.25, 0.3) is 5.56 Å². The van der Waals surface area contributed by atoms with Crippen LogP contribution < -0.4 is 5.56 Å². The zero-order valence-corrected chi connectivity index (χ0v) is 6.55. The molecule has 0 bridgehead atoms. The molecule has 0 radical (unpaired) electrons. The summed E-state index contributed by atoms with van der Waals surface area (Å²) in [6.07, 6.45) is 0. The number of hydrogen-bond acceptors (Lipinski definition) is 2. The van der Waals surface area contributed by atoms with Gasteiger partial charge in [0.05, 0.1) is 0 Å². The summed E-state index contributed by atoms with van der Waals surface area (Å²) in [4.78, 5) is 12.7. The molecule has 0 saturated heterocycles. The molecule has 3 nitrogen and oxygen atoms in total. The Morgan fingerprint density at radius 1 is 1.56 bits per heavy atom. The maximum Gasteiger partial charge on any atom is 0.251 e. The summed E-state index contributed by atoms with van der Waals surface area (Å²) in [6.45, 7) is 0. The molecule has 9 heavy (non-hydrogen) atoms. The minimum absolute atomic E-state index is 0.0908. The van der Waals surface area contributed by atoms with Crippen LogP contribution in [0.5, 0.6) is 5.88 Å². The van der Waals surface area contributed by atoms with E-state index in [4.69, 9.17) is 5.11 Å². The highest BCUT2D eigenvalue weighted by atomic mass is 127. The van der Waals surface area contributed by atoms with Crippen LogP contribution in [0.1, 0.15) is 0 Å². The Balaban J connectivity index is 3.33. The zero-order chi connectivity index (χ0) is 6.85. The molecule has 0 aliphatic heterocycles. The van der Waals surface area contributed by atoms with Crippen LogP contribution in [0.3, 0.4) is 0 Å². The maximum atomic E-state index is 10.5. The molecule has 2 N–H and O–H groups in total. The van der Waals surface area contributed by atoms with E-state index in [2.05, 4.69) is 4.98 Å². The van der Waals surface area contributed by atoms with Crippen molar-refractivity contribution in [1.82, 2.24) is 4.98 Å². The fraction of sp³-hybridized carbons (Fsp3) is 0. The molecule has 4 heteroatoms. The van der Waals surface area contributed by atoms with E-state index in [1.165, 1.54) is 12.1 Å². The van der Waals surface area contributed by atoms with Crippen LogP contribution in [0, 0.1) is 3.57 Å². The predicted molar refractivity (Wildman–Crippen MR) is 41.4 cm³/mol. The summed E-state index contributed by atoms with van der Waals surface area (Å²) < 4.78 is 0.730. The molecule has 1 aromatic heterocycles. The molecule has 1 heterocycles. The van der Waals surface area contributed by atoms with Crippen LogP contribution in [0.2, 0.25) is 0 Å². The van der Waals surface area contributed by atoms with Gasteiger partial charge in [-0.2, -0.15) is 0 Å². The fourth-order valence-electron chi connectivity index (χ4n) is 0.496. The second-order valence-electron chi connectivity index (χ2n) is 1.55. The van der Waals surface area contributed by atoms with E-state index in [1.54, 1.807) is 0 Å². The number of nitrogens with one attached hydrogen (secondary N) is 1. The molecule has 1 rings (SSSR count). The van der Waals surface area contributed by atoms with E-state index in [-0.39, 0.29) is 11.4 Å². The van der Waals surface area contributed by atoms with Gasteiger partial charge in [-0.3, -0.25) is 9.78 Å². The average Bonchev–Trinajstić information content (AvgIpc) is 1.59. The monoisotopic (exact) mass is 237 g/mol. The molecular formula is C5H4INO2. The second-order valence-corrected chi connectivity index (χ2v) is 2.79. The van der Waals surface area contributed by atoms with Crippen molar-refractivity contribution < 1.29 is 5.11 Å². The van der Waals surface area contributed by atoms with Crippen molar-refractivity contribution in [3.05, 3.63) is 26.1 Å². The third-order valence-electron chi connectivity index (χ3n) is 0.795. The lowest BCUT2D eigenvalue weighted by molar-refractivity contribution is 0.451. The Morgan fingerprint density at radius 3 is 2.67 bits per heavy atom. The van der Waals surface area contributed by atoms with Crippen molar-refractivity contribution in [3.8, 4) is 5.88 Å². The van der Waals surface area contributed by atoms with Crippen LogP contribution in [0.4, 0.5) is 0 Å². The number of aromatic hydroxyl groups is 1. The number of pyridine rings is 1. The Morgan fingerprint density at radius 2 is 2.22 bits per heavy atom. The number of H-pyrrole nitrogens is 1. The molecule has 1 aromatic rings. The number of halogens is 1. The van der Waals surface area contributed by atoms with Crippen molar-refractivity contribution in [1.29, 1.82) is 0 Å². The topological polar surface area (TPSA) is 53.1 Å². The van der Waals surface area contributed by atoms with E-state index in [0.29, 0.717) is 0 Å². The lowest BCUT2D eigenvalue weighted by atomic mass is 10.5. The van der Waals surface area contributed by atoms with Gasteiger partial charge in [0, 0.05) is 15.7 Å². The molecule has 0 aliphatic carbocycles. The first-order chi connectivity index (χ1) is 4.18. The van der Waals surface area contributed by atoms with Gasteiger partial charge in [-0.25, -0.2) is 0 Å². The molecule has 0 spiro atoms. The number of aromatic nitrogens is 1. The highest BCUT2D eigenvalue weighted by Crippen LogP contribution is 2.05. The zero-order valence-electron chi connectivity index (χ0n) is 4.39. The van der Waals surface area contributed by atoms with Gasteiger partial charge in [0.2, 0.25) is 0 Å². The Bertz CT molecular complexity index is 245. The number of rotatable bonds is 0. The summed E-state index contributed by atoms with van der Waals surface area (Å²) in [7, 11) is 0. The molecule has 0 saturated carbocycles. The lowest BCUT2D eigenvalue weighted by Gasteiger charge is -1.89. The molecule has 0 amide bonds. The Kier molecular flexibility index (Phi) is 1.75. The van der Waals surface area contributed by atoms with Gasteiger partial charge in [-0.1, -0.05) is 0 Å². The van der Waals surface area contributed by atoms with Gasteiger partial charge < -0.3 is 5.11 Å². The third kappa shape index (κ3) is 1.70. The summed E-state index contributed by atoms with van der Waals surface area (Å²) in [5.74, 6) is -0.0908. The number of hydrogen-bond donors (Lipinski definition) is 2. The summed E-state index contributed by atoms with van der Waals surface area (Å²) in [5.41, 5.74) is -0.278. The quantitative estimate of drug-likeness (QED) is 0.652. The van der Waals surface area contributed by atoms with Gasteiger partial charge >= 0.3 is 0 Å². The normalized spacial score (nSPS) is 9.44. The first-order valence-electron chi connectivity index (χ1n) is 2.27. The van der Waals surface area contributed by atoms with E-state index in [9.17, 15) is 4.79 Å². The van der Waals surface area contributed by atoms with E-state index >= 15 is 0 Å². The van der Waals surface area contributed by atoms with Crippen molar-refractivity contribution in [2.45, 2.75) is 0 Å². The number of aromatic amines is 1. The van der Waals surface area contributed by atoms with Crippen LogP contribution >= 0.6 is 22.6 Å².